The van der Waals surface area contributed by atoms with Crippen molar-refractivity contribution in [1.82, 2.24) is 5.32 Å². The fraction of sp³-hybridized carbons (Fsp3) is 0.368. The summed E-state index contributed by atoms with van der Waals surface area (Å²) in [7, 11) is 0. The molecule has 1 nitrogen and oxygen atoms in total. The molecule has 0 aliphatic carbocycles. The van der Waals surface area contributed by atoms with Crippen LogP contribution >= 0.6 is 22.6 Å². The van der Waals surface area contributed by atoms with Crippen LogP contribution in [0.3, 0.4) is 0 Å². The molecule has 1 N–H and O–H groups in total. The third-order valence-electron chi connectivity index (χ3n) is 4.34. The van der Waals surface area contributed by atoms with E-state index in [0.717, 1.165) is 6.54 Å². The van der Waals surface area contributed by atoms with Crippen LogP contribution in [0.15, 0.2) is 30.3 Å². The lowest BCUT2D eigenvalue weighted by atomic mass is 9.86. The first-order valence-electron chi connectivity index (χ1n) is 7.52. The van der Waals surface area contributed by atoms with Crippen LogP contribution in [-0.4, -0.2) is 6.54 Å². The molecule has 1 atom stereocenters. The summed E-state index contributed by atoms with van der Waals surface area (Å²) in [4.78, 5) is 0. The fourth-order valence-electron chi connectivity index (χ4n) is 2.96. The number of benzene rings is 2. The van der Waals surface area contributed by atoms with E-state index in [2.05, 4.69) is 92.9 Å². The molecule has 1 unspecified atom stereocenters. The summed E-state index contributed by atoms with van der Waals surface area (Å²) in [5.74, 6) is 0. The maximum absolute atomic E-state index is 3.69. The molecule has 2 heteroatoms. The van der Waals surface area contributed by atoms with Crippen LogP contribution in [0.5, 0.6) is 0 Å². The SMILES string of the molecule is CCNC(c1ccccc1I)c1c(C)c(C)cc(C)c1C. The maximum atomic E-state index is 3.69. The van der Waals surface area contributed by atoms with Gasteiger partial charge in [0.2, 0.25) is 0 Å². The van der Waals surface area contributed by atoms with E-state index in [9.17, 15) is 0 Å². The van der Waals surface area contributed by atoms with Gasteiger partial charge < -0.3 is 5.32 Å². The second-order valence-electron chi connectivity index (χ2n) is 5.69. The number of hydrogen-bond acceptors (Lipinski definition) is 1. The van der Waals surface area contributed by atoms with Crippen LogP contribution in [-0.2, 0) is 0 Å². The Labute approximate surface area is 142 Å². The first kappa shape index (κ1) is 16.5. The number of nitrogens with one attached hydrogen (secondary N) is 1. The highest BCUT2D eigenvalue weighted by Crippen LogP contribution is 2.33. The smallest absolute Gasteiger partial charge is 0.0592 e. The molecule has 0 bridgehead atoms. The number of aryl methyl sites for hydroxylation is 2. The van der Waals surface area contributed by atoms with E-state index in [-0.39, 0.29) is 6.04 Å². The highest BCUT2D eigenvalue weighted by atomic mass is 127. The zero-order valence-electron chi connectivity index (χ0n) is 13.5. The molecule has 0 aliphatic rings. The van der Waals surface area contributed by atoms with Crippen molar-refractivity contribution < 1.29 is 0 Å². The summed E-state index contributed by atoms with van der Waals surface area (Å²) in [5.41, 5.74) is 8.38. The lowest BCUT2D eigenvalue weighted by molar-refractivity contribution is 0.621. The first-order valence-corrected chi connectivity index (χ1v) is 8.60. The van der Waals surface area contributed by atoms with Gasteiger partial charge in [0, 0.05) is 3.57 Å². The van der Waals surface area contributed by atoms with Crippen LogP contribution in [0.25, 0.3) is 0 Å². The number of hydrogen-bond donors (Lipinski definition) is 1. The Bertz CT molecular complexity index is 620. The van der Waals surface area contributed by atoms with Crippen LogP contribution in [0, 0.1) is 31.3 Å². The molecule has 0 aliphatic heterocycles. The molecule has 0 saturated carbocycles. The van der Waals surface area contributed by atoms with Crippen molar-refractivity contribution in [3.8, 4) is 0 Å². The Hall–Kier alpha value is -0.870. The molecule has 2 aromatic carbocycles. The van der Waals surface area contributed by atoms with Gasteiger partial charge in [-0.15, -0.1) is 0 Å². The molecule has 0 aromatic heterocycles. The molecule has 112 valence electrons. The monoisotopic (exact) mass is 393 g/mol. The highest BCUT2D eigenvalue weighted by molar-refractivity contribution is 14.1. The van der Waals surface area contributed by atoms with Gasteiger partial charge in [0.1, 0.15) is 0 Å². The predicted octanol–water partition coefficient (Wildman–Crippen LogP) is 5.22. The summed E-state index contributed by atoms with van der Waals surface area (Å²) in [6.07, 6.45) is 0. The van der Waals surface area contributed by atoms with E-state index in [0.29, 0.717) is 0 Å². The number of rotatable bonds is 4. The van der Waals surface area contributed by atoms with Crippen LogP contribution in [0.4, 0.5) is 0 Å². The van der Waals surface area contributed by atoms with E-state index >= 15 is 0 Å². The standard InChI is InChI=1S/C19H24IN/c1-6-21-19(16-9-7-8-10-17(16)20)18-14(4)12(2)11-13(3)15(18)5/h7-11,19,21H,6H2,1-5H3. The molecular formula is C19H24IN. The van der Waals surface area contributed by atoms with Crippen molar-refractivity contribution in [2.75, 3.05) is 6.54 Å². The molecule has 0 heterocycles. The lowest BCUT2D eigenvalue weighted by Gasteiger charge is -2.26. The second-order valence-corrected chi connectivity index (χ2v) is 6.85. The molecule has 0 amide bonds. The van der Waals surface area contributed by atoms with Crippen LogP contribution < -0.4 is 5.32 Å². The third kappa shape index (κ3) is 3.32. The summed E-state index contributed by atoms with van der Waals surface area (Å²) in [6, 6.07) is 11.2. The quantitative estimate of drug-likeness (QED) is 0.702. The van der Waals surface area contributed by atoms with Gasteiger partial charge in [-0.05, 0) is 96.3 Å². The third-order valence-corrected chi connectivity index (χ3v) is 5.32. The van der Waals surface area contributed by atoms with Crippen LogP contribution in [0.2, 0.25) is 0 Å². The molecule has 2 rings (SSSR count). The predicted molar refractivity (Wildman–Crippen MR) is 100 cm³/mol. The molecular weight excluding hydrogens is 369 g/mol. The Morgan fingerprint density at radius 2 is 1.57 bits per heavy atom. The molecule has 0 spiro atoms. The normalized spacial score (nSPS) is 12.5. The topological polar surface area (TPSA) is 12.0 Å². The highest BCUT2D eigenvalue weighted by Gasteiger charge is 2.21. The number of halogens is 1. The van der Waals surface area contributed by atoms with E-state index in [1.807, 2.05) is 0 Å². The summed E-state index contributed by atoms with van der Waals surface area (Å²) in [6.45, 7) is 12.1. The second kappa shape index (κ2) is 6.93. The molecule has 0 radical (unpaired) electrons. The minimum absolute atomic E-state index is 0.265. The average Bonchev–Trinajstić information content (AvgIpc) is 2.45. The molecule has 0 fully saturated rings. The average molecular weight is 393 g/mol. The van der Waals surface area contributed by atoms with E-state index < -0.39 is 0 Å². The lowest BCUT2D eigenvalue weighted by Crippen LogP contribution is -2.25. The van der Waals surface area contributed by atoms with Gasteiger partial charge in [0.25, 0.3) is 0 Å². The minimum Gasteiger partial charge on any atom is -0.306 e. The Morgan fingerprint density at radius 3 is 2.10 bits per heavy atom. The summed E-state index contributed by atoms with van der Waals surface area (Å²) in [5, 5.41) is 3.69. The summed E-state index contributed by atoms with van der Waals surface area (Å²) < 4.78 is 1.32. The van der Waals surface area contributed by atoms with E-state index in [4.69, 9.17) is 0 Å². The van der Waals surface area contributed by atoms with Gasteiger partial charge in [0.05, 0.1) is 6.04 Å². The van der Waals surface area contributed by atoms with Gasteiger partial charge >= 0.3 is 0 Å². The Kier molecular flexibility index (Phi) is 5.44. The van der Waals surface area contributed by atoms with Crippen molar-refractivity contribution in [3.05, 3.63) is 67.3 Å². The summed E-state index contributed by atoms with van der Waals surface area (Å²) >= 11 is 2.44. The Balaban J connectivity index is 2.67. The molecule has 2 aromatic rings. The van der Waals surface area contributed by atoms with Gasteiger partial charge in [-0.1, -0.05) is 31.2 Å². The van der Waals surface area contributed by atoms with E-state index in [1.54, 1.807) is 0 Å². The maximum Gasteiger partial charge on any atom is 0.0592 e. The van der Waals surface area contributed by atoms with Gasteiger partial charge in [-0.2, -0.15) is 0 Å². The largest absolute Gasteiger partial charge is 0.306 e. The van der Waals surface area contributed by atoms with Crippen molar-refractivity contribution >= 4 is 22.6 Å². The Morgan fingerprint density at radius 1 is 1.00 bits per heavy atom. The van der Waals surface area contributed by atoms with Crippen molar-refractivity contribution in [3.63, 3.8) is 0 Å². The van der Waals surface area contributed by atoms with Gasteiger partial charge in [-0.3, -0.25) is 0 Å². The van der Waals surface area contributed by atoms with Crippen molar-refractivity contribution in [2.45, 2.75) is 40.7 Å². The molecule has 21 heavy (non-hydrogen) atoms. The zero-order chi connectivity index (χ0) is 15.6. The van der Waals surface area contributed by atoms with Gasteiger partial charge in [0.15, 0.2) is 0 Å². The van der Waals surface area contributed by atoms with Crippen LogP contribution in [0.1, 0.15) is 46.3 Å². The zero-order valence-corrected chi connectivity index (χ0v) is 15.7. The van der Waals surface area contributed by atoms with Crippen molar-refractivity contribution in [2.24, 2.45) is 0 Å². The first-order chi connectivity index (χ1) is 9.97. The van der Waals surface area contributed by atoms with E-state index in [1.165, 1.54) is 37.0 Å². The fourth-order valence-corrected chi connectivity index (χ4v) is 3.66. The minimum atomic E-state index is 0.265. The van der Waals surface area contributed by atoms with Gasteiger partial charge in [-0.25, -0.2) is 0 Å². The molecule has 0 saturated heterocycles. The van der Waals surface area contributed by atoms with Crippen molar-refractivity contribution in [1.29, 1.82) is 0 Å².